The lowest BCUT2D eigenvalue weighted by Crippen LogP contribution is -2.44. The molecule has 0 aliphatic carbocycles. The SMILES string of the molecule is O=S(=O)(Cc1ccccc1)OCC1CN(Cc2ccccc2)CCO1. The molecule has 0 bridgehead atoms. The van der Waals surface area contributed by atoms with Crippen LogP contribution in [0.5, 0.6) is 0 Å². The highest BCUT2D eigenvalue weighted by Gasteiger charge is 2.23. The molecule has 1 fully saturated rings. The van der Waals surface area contributed by atoms with Gasteiger partial charge < -0.3 is 4.74 Å². The van der Waals surface area contributed by atoms with Crippen LogP contribution in [0.25, 0.3) is 0 Å². The first-order valence-electron chi connectivity index (χ1n) is 8.40. The van der Waals surface area contributed by atoms with E-state index in [4.69, 9.17) is 8.92 Å². The van der Waals surface area contributed by atoms with Gasteiger partial charge in [0.05, 0.1) is 19.3 Å². The Labute approximate surface area is 149 Å². The topological polar surface area (TPSA) is 55.8 Å². The van der Waals surface area contributed by atoms with Crippen molar-refractivity contribution in [3.63, 3.8) is 0 Å². The third kappa shape index (κ3) is 5.93. The number of morpholine rings is 1. The molecule has 6 heteroatoms. The van der Waals surface area contributed by atoms with Crippen LogP contribution in [0, 0.1) is 0 Å². The number of hydrogen-bond donors (Lipinski definition) is 0. The molecule has 2 aromatic carbocycles. The predicted molar refractivity (Wildman–Crippen MR) is 96.5 cm³/mol. The maximum absolute atomic E-state index is 12.1. The zero-order valence-corrected chi connectivity index (χ0v) is 14.9. The minimum absolute atomic E-state index is 0.0560. The van der Waals surface area contributed by atoms with Crippen molar-refractivity contribution in [3.05, 3.63) is 71.8 Å². The van der Waals surface area contributed by atoms with Crippen molar-refractivity contribution in [2.75, 3.05) is 26.3 Å². The molecule has 0 radical (unpaired) electrons. The lowest BCUT2D eigenvalue weighted by molar-refractivity contribution is -0.0495. The van der Waals surface area contributed by atoms with Gasteiger partial charge in [-0.3, -0.25) is 9.08 Å². The van der Waals surface area contributed by atoms with Gasteiger partial charge in [0.15, 0.2) is 0 Å². The highest BCUT2D eigenvalue weighted by atomic mass is 32.2. The van der Waals surface area contributed by atoms with Crippen LogP contribution in [-0.4, -0.2) is 45.7 Å². The number of hydrogen-bond acceptors (Lipinski definition) is 5. The average Bonchev–Trinajstić information content (AvgIpc) is 2.62. The molecule has 0 saturated carbocycles. The van der Waals surface area contributed by atoms with Gasteiger partial charge in [-0.2, -0.15) is 8.42 Å². The Kier molecular flexibility index (Phi) is 6.20. The van der Waals surface area contributed by atoms with Crippen LogP contribution >= 0.6 is 0 Å². The third-order valence-corrected chi connectivity index (χ3v) is 5.27. The van der Waals surface area contributed by atoms with E-state index in [9.17, 15) is 8.42 Å². The van der Waals surface area contributed by atoms with Crippen molar-refractivity contribution in [2.24, 2.45) is 0 Å². The number of rotatable bonds is 7. The first-order chi connectivity index (χ1) is 12.1. The molecular weight excluding hydrogens is 338 g/mol. The summed E-state index contributed by atoms with van der Waals surface area (Å²) in [7, 11) is -3.61. The van der Waals surface area contributed by atoms with E-state index in [2.05, 4.69) is 17.0 Å². The van der Waals surface area contributed by atoms with Crippen molar-refractivity contribution in [3.8, 4) is 0 Å². The van der Waals surface area contributed by atoms with Gasteiger partial charge in [-0.25, -0.2) is 0 Å². The van der Waals surface area contributed by atoms with Crippen LogP contribution < -0.4 is 0 Å². The number of ether oxygens (including phenoxy) is 1. The van der Waals surface area contributed by atoms with Crippen molar-refractivity contribution < 1.29 is 17.3 Å². The quantitative estimate of drug-likeness (QED) is 0.709. The van der Waals surface area contributed by atoms with Gasteiger partial charge in [-0.05, 0) is 11.1 Å². The van der Waals surface area contributed by atoms with E-state index >= 15 is 0 Å². The highest BCUT2D eigenvalue weighted by Crippen LogP contribution is 2.13. The van der Waals surface area contributed by atoms with Gasteiger partial charge in [-0.1, -0.05) is 60.7 Å². The highest BCUT2D eigenvalue weighted by molar-refractivity contribution is 7.85. The monoisotopic (exact) mass is 361 g/mol. The lowest BCUT2D eigenvalue weighted by atomic mass is 10.2. The van der Waals surface area contributed by atoms with Crippen LogP contribution in [0.15, 0.2) is 60.7 Å². The summed E-state index contributed by atoms with van der Waals surface area (Å²) in [5, 5.41) is 0. The van der Waals surface area contributed by atoms with Crippen LogP contribution in [0.3, 0.4) is 0 Å². The minimum atomic E-state index is -3.61. The normalized spacial score (nSPS) is 19.0. The van der Waals surface area contributed by atoms with E-state index in [1.54, 1.807) is 12.1 Å². The largest absolute Gasteiger partial charge is 0.373 e. The third-order valence-electron chi connectivity index (χ3n) is 4.09. The van der Waals surface area contributed by atoms with Crippen LogP contribution in [0.2, 0.25) is 0 Å². The smallest absolute Gasteiger partial charge is 0.271 e. The molecule has 1 atom stereocenters. The van der Waals surface area contributed by atoms with Crippen molar-refractivity contribution in [1.29, 1.82) is 0 Å². The fourth-order valence-corrected chi connectivity index (χ4v) is 3.91. The second-order valence-electron chi connectivity index (χ2n) is 6.19. The van der Waals surface area contributed by atoms with Crippen molar-refractivity contribution in [2.45, 2.75) is 18.4 Å². The van der Waals surface area contributed by atoms with E-state index < -0.39 is 10.1 Å². The molecule has 0 N–H and O–H groups in total. The summed E-state index contributed by atoms with van der Waals surface area (Å²) >= 11 is 0. The summed E-state index contributed by atoms with van der Waals surface area (Å²) in [5.41, 5.74) is 1.96. The lowest BCUT2D eigenvalue weighted by Gasteiger charge is -2.32. The summed E-state index contributed by atoms with van der Waals surface area (Å²) in [5.74, 6) is -0.117. The minimum Gasteiger partial charge on any atom is -0.373 e. The van der Waals surface area contributed by atoms with Crippen LogP contribution in [0.1, 0.15) is 11.1 Å². The van der Waals surface area contributed by atoms with Gasteiger partial charge in [0.2, 0.25) is 0 Å². The maximum atomic E-state index is 12.1. The second kappa shape index (κ2) is 8.58. The molecule has 0 aromatic heterocycles. The molecule has 0 amide bonds. The second-order valence-corrected chi connectivity index (χ2v) is 7.83. The van der Waals surface area contributed by atoms with E-state index in [-0.39, 0.29) is 18.5 Å². The standard InChI is InChI=1S/C19H23NO4S/c21-25(22,16-18-9-5-2-6-10-18)24-15-19-14-20(11-12-23-19)13-17-7-3-1-4-8-17/h1-10,19H,11-16H2. The molecule has 2 aromatic rings. The Bertz CT molecular complexity index is 750. The fourth-order valence-electron chi connectivity index (χ4n) is 2.87. The van der Waals surface area contributed by atoms with Gasteiger partial charge >= 0.3 is 0 Å². The summed E-state index contributed by atoms with van der Waals surface area (Å²) in [4.78, 5) is 2.26. The molecule has 1 aliphatic heterocycles. The van der Waals surface area contributed by atoms with E-state index in [1.165, 1.54) is 5.56 Å². The summed E-state index contributed by atoms with van der Waals surface area (Å²) < 4.78 is 35.1. The first kappa shape index (κ1) is 18.1. The Morgan fingerprint density at radius 3 is 2.32 bits per heavy atom. The summed E-state index contributed by atoms with van der Waals surface area (Å²) in [6.07, 6.45) is -0.233. The Balaban J connectivity index is 1.49. The molecular formula is C19H23NO4S. The summed E-state index contributed by atoms with van der Waals surface area (Å²) in [6.45, 7) is 2.97. The Morgan fingerprint density at radius 1 is 1.00 bits per heavy atom. The van der Waals surface area contributed by atoms with Gasteiger partial charge in [0.1, 0.15) is 5.75 Å². The fraction of sp³-hybridized carbons (Fsp3) is 0.368. The van der Waals surface area contributed by atoms with Crippen molar-refractivity contribution >= 4 is 10.1 Å². The molecule has 25 heavy (non-hydrogen) atoms. The van der Waals surface area contributed by atoms with Gasteiger partial charge in [0, 0.05) is 19.6 Å². The van der Waals surface area contributed by atoms with E-state index in [0.29, 0.717) is 13.2 Å². The van der Waals surface area contributed by atoms with Gasteiger partial charge in [-0.15, -0.1) is 0 Å². The number of nitrogens with zero attached hydrogens (tertiary/aromatic N) is 1. The van der Waals surface area contributed by atoms with Gasteiger partial charge in [0.25, 0.3) is 10.1 Å². The Hall–Kier alpha value is -1.73. The van der Waals surface area contributed by atoms with Crippen LogP contribution in [-0.2, 0) is 31.3 Å². The Morgan fingerprint density at radius 2 is 1.64 bits per heavy atom. The van der Waals surface area contributed by atoms with Crippen molar-refractivity contribution in [1.82, 2.24) is 4.90 Å². The average molecular weight is 361 g/mol. The molecule has 1 unspecified atom stereocenters. The molecule has 134 valence electrons. The molecule has 1 aliphatic rings. The zero-order chi connectivity index (χ0) is 17.5. The first-order valence-corrected chi connectivity index (χ1v) is 9.97. The number of benzene rings is 2. The molecule has 1 saturated heterocycles. The molecule has 1 heterocycles. The summed E-state index contributed by atoms with van der Waals surface area (Å²) in [6, 6.07) is 19.3. The zero-order valence-electron chi connectivity index (χ0n) is 14.1. The van der Waals surface area contributed by atoms with E-state index in [1.807, 2.05) is 36.4 Å². The molecule has 5 nitrogen and oxygen atoms in total. The predicted octanol–water partition coefficient (Wildman–Crippen LogP) is 2.43. The maximum Gasteiger partial charge on any atom is 0.271 e. The van der Waals surface area contributed by atoms with E-state index in [0.717, 1.165) is 18.7 Å². The molecule has 3 rings (SSSR count). The molecule has 0 spiro atoms. The van der Waals surface area contributed by atoms with Crippen LogP contribution in [0.4, 0.5) is 0 Å².